The number of amides is 2. The number of nitrogens with zero attached hydrogens (tertiary/aromatic N) is 2. The number of nitrogens with one attached hydrogen (secondary N) is 1. The normalized spacial score (nSPS) is 16.8. The first-order valence-corrected chi connectivity index (χ1v) is 5.27. The molecular formula is C10H17N3O4. The molecule has 0 atom stereocenters. The summed E-state index contributed by atoms with van der Waals surface area (Å²) < 4.78 is 5.15. The van der Waals surface area contributed by atoms with Gasteiger partial charge in [-0.15, -0.1) is 0 Å². The summed E-state index contributed by atoms with van der Waals surface area (Å²) in [6, 6.07) is -0.118. The van der Waals surface area contributed by atoms with Crippen LogP contribution in [0.5, 0.6) is 0 Å². The van der Waals surface area contributed by atoms with E-state index in [0.717, 1.165) is 6.21 Å². The summed E-state index contributed by atoms with van der Waals surface area (Å²) in [6.45, 7) is 6.19. The lowest BCUT2D eigenvalue weighted by atomic mass is 10.1. The third-order valence-electron chi connectivity index (χ3n) is 2.05. The van der Waals surface area contributed by atoms with Gasteiger partial charge in [-0.05, 0) is 20.8 Å². The quantitative estimate of drug-likeness (QED) is 0.411. The summed E-state index contributed by atoms with van der Waals surface area (Å²) in [5.74, 6) is -0.485. The molecule has 1 heterocycles. The second-order valence-corrected chi connectivity index (χ2v) is 4.84. The summed E-state index contributed by atoms with van der Waals surface area (Å²) >= 11 is 0. The molecule has 0 saturated carbocycles. The largest absolute Gasteiger partial charge is 0.444 e. The molecule has 1 fully saturated rings. The van der Waals surface area contributed by atoms with E-state index >= 15 is 0 Å². The van der Waals surface area contributed by atoms with Crippen LogP contribution in [0.4, 0.5) is 4.79 Å². The van der Waals surface area contributed by atoms with Crippen molar-refractivity contribution in [3.8, 4) is 0 Å². The molecule has 0 radical (unpaired) electrons. The van der Waals surface area contributed by atoms with E-state index in [0.29, 0.717) is 13.1 Å². The van der Waals surface area contributed by atoms with Gasteiger partial charge >= 0.3 is 6.09 Å². The maximum absolute atomic E-state index is 11.5. The highest BCUT2D eigenvalue weighted by atomic mass is 16.6. The number of rotatable bonds is 2. The predicted molar refractivity (Wildman–Crippen MR) is 60.0 cm³/mol. The molecule has 0 aromatic rings. The molecule has 2 amide bonds. The van der Waals surface area contributed by atoms with Gasteiger partial charge in [0.25, 0.3) is 5.91 Å². The number of hydrogen-bond donors (Lipinski definition) is 2. The van der Waals surface area contributed by atoms with Crippen molar-refractivity contribution in [2.24, 2.45) is 5.16 Å². The van der Waals surface area contributed by atoms with E-state index in [1.165, 1.54) is 4.90 Å². The summed E-state index contributed by atoms with van der Waals surface area (Å²) in [5.41, 5.74) is -0.519. The molecule has 0 aromatic carbocycles. The van der Waals surface area contributed by atoms with E-state index in [1.807, 2.05) is 0 Å². The summed E-state index contributed by atoms with van der Waals surface area (Å²) in [4.78, 5) is 24.0. The minimum atomic E-state index is -0.519. The smallest absolute Gasteiger partial charge is 0.410 e. The zero-order valence-corrected chi connectivity index (χ0v) is 10.1. The van der Waals surface area contributed by atoms with Crippen LogP contribution < -0.4 is 5.32 Å². The Kier molecular flexibility index (Phi) is 3.93. The molecule has 96 valence electrons. The van der Waals surface area contributed by atoms with Crippen LogP contribution in [0.15, 0.2) is 5.16 Å². The third-order valence-corrected chi connectivity index (χ3v) is 2.05. The van der Waals surface area contributed by atoms with Crippen LogP contribution in [0, 0.1) is 0 Å². The maximum Gasteiger partial charge on any atom is 0.410 e. The van der Waals surface area contributed by atoms with Crippen molar-refractivity contribution in [2.75, 3.05) is 13.1 Å². The minimum absolute atomic E-state index is 0.118. The highest BCUT2D eigenvalue weighted by Crippen LogP contribution is 2.14. The van der Waals surface area contributed by atoms with Crippen LogP contribution in [-0.2, 0) is 9.53 Å². The SMILES string of the molecule is CC(C)(C)OC(=O)N1CC(NC(=O)C=NO)C1. The molecule has 0 aromatic heterocycles. The average molecular weight is 243 g/mol. The van der Waals surface area contributed by atoms with E-state index in [9.17, 15) is 9.59 Å². The van der Waals surface area contributed by atoms with Crippen LogP contribution in [0.25, 0.3) is 0 Å². The highest BCUT2D eigenvalue weighted by Gasteiger charge is 2.34. The van der Waals surface area contributed by atoms with Gasteiger partial charge in [-0.2, -0.15) is 0 Å². The lowest BCUT2D eigenvalue weighted by Gasteiger charge is -2.39. The van der Waals surface area contributed by atoms with Gasteiger partial charge in [-0.3, -0.25) is 4.79 Å². The number of likely N-dealkylation sites (tertiary alicyclic amines) is 1. The van der Waals surface area contributed by atoms with E-state index in [-0.39, 0.29) is 12.1 Å². The summed E-state index contributed by atoms with van der Waals surface area (Å²) in [6.07, 6.45) is 0.384. The van der Waals surface area contributed by atoms with Crippen LogP contribution in [0.1, 0.15) is 20.8 Å². The van der Waals surface area contributed by atoms with Crippen LogP contribution in [0.3, 0.4) is 0 Å². The molecule has 7 nitrogen and oxygen atoms in total. The van der Waals surface area contributed by atoms with Gasteiger partial charge in [-0.25, -0.2) is 4.79 Å². The number of carbonyl (C=O) groups excluding carboxylic acids is 2. The lowest BCUT2D eigenvalue weighted by Crippen LogP contribution is -2.61. The fraction of sp³-hybridized carbons (Fsp3) is 0.700. The molecule has 1 saturated heterocycles. The second kappa shape index (κ2) is 5.03. The Balaban J connectivity index is 2.27. The Morgan fingerprint density at radius 3 is 2.53 bits per heavy atom. The molecule has 0 bridgehead atoms. The fourth-order valence-corrected chi connectivity index (χ4v) is 1.34. The molecule has 17 heavy (non-hydrogen) atoms. The van der Waals surface area contributed by atoms with Gasteiger partial charge in [0.15, 0.2) is 0 Å². The number of carbonyl (C=O) groups is 2. The Bertz CT molecular complexity index is 329. The monoisotopic (exact) mass is 243 g/mol. The third kappa shape index (κ3) is 4.29. The van der Waals surface area contributed by atoms with E-state index in [4.69, 9.17) is 9.94 Å². The van der Waals surface area contributed by atoms with Gasteiger partial charge < -0.3 is 20.2 Å². The topological polar surface area (TPSA) is 91.2 Å². The molecular weight excluding hydrogens is 226 g/mol. The van der Waals surface area contributed by atoms with Gasteiger partial charge in [0.2, 0.25) is 0 Å². The predicted octanol–water partition coefficient (Wildman–Crippen LogP) is 0.182. The first kappa shape index (κ1) is 13.3. The van der Waals surface area contributed by atoms with Crippen LogP contribution in [-0.4, -0.2) is 53.1 Å². The molecule has 1 aliphatic rings. The molecule has 0 unspecified atom stereocenters. The Hall–Kier alpha value is -1.79. The number of hydrogen-bond acceptors (Lipinski definition) is 5. The number of oxime groups is 1. The van der Waals surface area contributed by atoms with E-state index in [1.54, 1.807) is 20.8 Å². The first-order chi connectivity index (χ1) is 7.81. The fourth-order valence-electron chi connectivity index (χ4n) is 1.34. The van der Waals surface area contributed by atoms with Gasteiger partial charge in [0, 0.05) is 13.1 Å². The second-order valence-electron chi connectivity index (χ2n) is 4.84. The van der Waals surface area contributed by atoms with Crippen molar-refractivity contribution < 1.29 is 19.5 Å². The van der Waals surface area contributed by atoms with Crippen molar-refractivity contribution >= 4 is 18.2 Å². The molecule has 2 N–H and O–H groups in total. The Morgan fingerprint density at radius 2 is 2.06 bits per heavy atom. The first-order valence-electron chi connectivity index (χ1n) is 5.27. The Morgan fingerprint density at radius 1 is 1.47 bits per heavy atom. The zero-order chi connectivity index (χ0) is 13.1. The van der Waals surface area contributed by atoms with Gasteiger partial charge in [0.1, 0.15) is 11.8 Å². The summed E-state index contributed by atoms with van der Waals surface area (Å²) in [7, 11) is 0. The van der Waals surface area contributed by atoms with Gasteiger partial charge in [0.05, 0.1) is 6.04 Å². The minimum Gasteiger partial charge on any atom is -0.444 e. The lowest BCUT2D eigenvalue weighted by molar-refractivity contribution is -0.116. The van der Waals surface area contributed by atoms with Crippen LogP contribution in [0.2, 0.25) is 0 Å². The van der Waals surface area contributed by atoms with Crippen LogP contribution >= 0.6 is 0 Å². The molecule has 1 rings (SSSR count). The average Bonchev–Trinajstić information content (AvgIpc) is 2.07. The zero-order valence-electron chi connectivity index (χ0n) is 10.1. The van der Waals surface area contributed by atoms with Crippen molar-refractivity contribution in [1.82, 2.24) is 10.2 Å². The van der Waals surface area contributed by atoms with Crippen molar-refractivity contribution in [3.05, 3.63) is 0 Å². The highest BCUT2D eigenvalue weighted by molar-refractivity contribution is 6.26. The van der Waals surface area contributed by atoms with Gasteiger partial charge in [-0.1, -0.05) is 5.16 Å². The molecule has 0 spiro atoms. The van der Waals surface area contributed by atoms with E-state index in [2.05, 4.69) is 10.5 Å². The molecule has 1 aliphatic heterocycles. The van der Waals surface area contributed by atoms with E-state index < -0.39 is 11.5 Å². The summed E-state index contributed by atoms with van der Waals surface area (Å²) in [5, 5.41) is 13.3. The van der Waals surface area contributed by atoms with Crippen molar-refractivity contribution in [2.45, 2.75) is 32.4 Å². The standard InChI is InChI=1S/C10H17N3O4/c1-10(2,3)17-9(15)13-5-7(6-13)12-8(14)4-11-16/h4,7,16H,5-6H2,1-3H3,(H,12,14). The van der Waals surface area contributed by atoms with Crippen molar-refractivity contribution in [3.63, 3.8) is 0 Å². The maximum atomic E-state index is 11.5. The molecule has 7 heteroatoms. The van der Waals surface area contributed by atoms with Crippen molar-refractivity contribution in [1.29, 1.82) is 0 Å². The Labute approximate surface area is 99.4 Å². The number of ether oxygens (including phenoxy) is 1. The molecule has 0 aliphatic carbocycles.